The molecule has 2 aromatic rings. The van der Waals surface area contributed by atoms with Crippen LogP contribution in [0.3, 0.4) is 0 Å². The van der Waals surface area contributed by atoms with Gasteiger partial charge in [-0.15, -0.1) is 0 Å². The van der Waals surface area contributed by atoms with Crippen molar-refractivity contribution < 1.29 is 23.1 Å². The van der Waals surface area contributed by atoms with Gasteiger partial charge in [0.25, 0.3) is 0 Å². The van der Waals surface area contributed by atoms with E-state index in [1.807, 2.05) is 24.3 Å². The second kappa shape index (κ2) is 5.79. The third-order valence-electron chi connectivity index (χ3n) is 5.46. The van der Waals surface area contributed by atoms with Gasteiger partial charge < -0.3 is 9.84 Å². The summed E-state index contributed by atoms with van der Waals surface area (Å²) in [6, 6.07) is 12.6. The van der Waals surface area contributed by atoms with E-state index < -0.39 is 21.4 Å². The number of hydrogen-bond acceptors (Lipinski definition) is 4. The van der Waals surface area contributed by atoms with Gasteiger partial charge in [-0.1, -0.05) is 30.3 Å². The molecule has 4 rings (SSSR count). The van der Waals surface area contributed by atoms with E-state index in [-0.39, 0.29) is 30.5 Å². The molecule has 6 nitrogen and oxygen atoms in total. The predicted molar refractivity (Wildman–Crippen MR) is 91.7 cm³/mol. The molecule has 2 saturated heterocycles. The summed E-state index contributed by atoms with van der Waals surface area (Å²) in [6.45, 7) is 0.829. The Hall–Kier alpha value is -1.96. The van der Waals surface area contributed by atoms with Gasteiger partial charge in [0, 0.05) is 25.6 Å². The Morgan fingerprint density at radius 1 is 1.20 bits per heavy atom. The number of sulfonamides is 1. The highest BCUT2D eigenvalue weighted by Gasteiger charge is 2.56. The number of carboxylic acid groups (broad SMARTS) is 1. The van der Waals surface area contributed by atoms with Crippen LogP contribution >= 0.6 is 0 Å². The second-order valence-corrected chi connectivity index (χ2v) is 8.73. The van der Waals surface area contributed by atoms with Gasteiger partial charge in [0.2, 0.25) is 10.0 Å². The number of hydrogen-bond donors (Lipinski definition) is 1. The van der Waals surface area contributed by atoms with Crippen LogP contribution in [0.5, 0.6) is 0 Å². The number of fused-ring (bicyclic) bond motifs is 2. The molecule has 2 heterocycles. The highest BCUT2D eigenvalue weighted by atomic mass is 32.2. The van der Waals surface area contributed by atoms with Crippen molar-refractivity contribution in [2.24, 2.45) is 11.3 Å². The van der Waals surface area contributed by atoms with E-state index in [1.165, 1.54) is 4.31 Å². The maximum absolute atomic E-state index is 13.1. The number of rotatable bonds is 3. The quantitative estimate of drug-likeness (QED) is 0.903. The average molecular weight is 361 g/mol. The first-order valence-corrected chi connectivity index (χ1v) is 9.68. The van der Waals surface area contributed by atoms with E-state index in [4.69, 9.17) is 4.74 Å². The van der Waals surface area contributed by atoms with E-state index in [2.05, 4.69) is 0 Å². The van der Waals surface area contributed by atoms with Crippen molar-refractivity contribution in [3.8, 4) is 0 Å². The fourth-order valence-electron chi connectivity index (χ4n) is 3.91. The third-order valence-corrected chi connectivity index (χ3v) is 7.27. The molecule has 7 heteroatoms. The molecule has 2 aliphatic rings. The van der Waals surface area contributed by atoms with Gasteiger partial charge in [-0.3, -0.25) is 4.79 Å². The molecule has 2 aliphatic heterocycles. The van der Waals surface area contributed by atoms with E-state index in [0.717, 1.165) is 10.8 Å². The third kappa shape index (κ3) is 2.54. The maximum Gasteiger partial charge on any atom is 0.311 e. The molecule has 0 unspecified atom stereocenters. The molecule has 0 amide bonds. The van der Waals surface area contributed by atoms with E-state index in [0.29, 0.717) is 13.0 Å². The van der Waals surface area contributed by atoms with Gasteiger partial charge >= 0.3 is 5.97 Å². The largest absolute Gasteiger partial charge is 0.481 e. The van der Waals surface area contributed by atoms with Crippen molar-refractivity contribution in [1.29, 1.82) is 0 Å². The van der Waals surface area contributed by atoms with Crippen molar-refractivity contribution in [2.75, 3.05) is 26.3 Å². The van der Waals surface area contributed by atoms with Crippen LogP contribution in [0.1, 0.15) is 6.42 Å². The van der Waals surface area contributed by atoms with Gasteiger partial charge in [-0.05, 0) is 29.3 Å². The van der Waals surface area contributed by atoms with Crippen LogP contribution in [0.15, 0.2) is 47.4 Å². The van der Waals surface area contributed by atoms with Crippen LogP contribution in [0, 0.1) is 11.3 Å². The van der Waals surface area contributed by atoms with Crippen molar-refractivity contribution in [2.45, 2.75) is 11.3 Å². The summed E-state index contributed by atoms with van der Waals surface area (Å²) in [7, 11) is -3.75. The Balaban J connectivity index is 1.71. The summed E-state index contributed by atoms with van der Waals surface area (Å²) in [4.78, 5) is 12.1. The molecule has 2 aromatic carbocycles. The normalized spacial score (nSPS) is 27.3. The van der Waals surface area contributed by atoms with Gasteiger partial charge in [-0.25, -0.2) is 8.42 Å². The van der Waals surface area contributed by atoms with Crippen LogP contribution < -0.4 is 0 Å². The van der Waals surface area contributed by atoms with E-state index in [1.54, 1.807) is 18.2 Å². The zero-order chi connectivity index (χ0) is 17.7. The lowest BCUT2D eigenvalue weighted by molar-refractivity contribution is -0.157. The number of benzene rings is 2. The molecule has 0 spiro atoms. The molecule has 1 N–H and O–H groups in total. The predicted octanol–water partition coefficient (Wildman–Crippen LogP) is 1.95. The average Bonchev–Trinajstić information content (AvgIpc) is 3.03. The smallest absolute Gasteiger partial charge is 0.311 e. The Morgan fingerprint density at radius 2 is 1.96 bits per heavy atom. The minimum atomic E-state index is -3.75. The molecule has 0 aliphatic carbocycles. The highest BCUT2D eigenvalue weighted by Crippen LogP contribution is 2.44. The first-order valence-electron chi connectivity index (χ1n) is 8.24. The van der Waals surface area contributed by atoms with Crippen LogP contribution in [-0.4, -0.2) is 50.1 Å². The van der Waals surface area contributed by atoms with Crippen LogP contribution in [0.4, 0.5) is 0 Å². The molecular formula is C18H19NO5S. The number of aliphatic carboxylic acids is 1. The molecule has 2 atom stereocenters. The van der Waals surface area contributed by atoms with Gasteiger partial charge in [0.15, 0.2) is 0 Å². The standard InChI is InChI=1S/C18H19NO5S/c20-17(21)18-7-8-24-11-15(18)10-19(12-18)25(22,23)16-6-5-13-3-1-2-4-14(13)9-16/h1-6,9,15H,7-8,10-12H2,(H,20,21)/t15-,18+/m1/s1. The van der Waals surface area contributed by atoms with E-state index >= 15 is 0 Å². The van der Waals surface area contributed by atoms with Gasteiger partial charge in [-0.2, -0.15) is 4.31 Å². The zero-order valence-corrected chi connectivity index (χ0v) is 14.4. The lowest BCUT2D eigenvalue weighted by atomic mass is 9.74. The molecule has 0 saturated carbocycles. The number of ether oxygens (including phenoxy) is 1. The maximum atomic E-state index is 13.1. The summed E-state index contributed by atoms with van der Waals surface area (Å²) in [5, 5.41) is 11.5. The summed E-state index contributed by atoms with van der Waals surface area (Å²) in [5.41, 5.74) is -1.04. The Morgan fingerprint density at radius 3 is 2.68 bits per heavy atom. The molecule has 132 valence electrons. The fraction of sp³-hybridized carbons (Fsp3) is 0.389. The summed E-state index contributed by atoms with van der Waals surface area (Å²) in [6.07, 6.45) is 0.344. The Bertz CT molecular complexity index is 941. The van der Waals surface area contributed by atoms with Gasteiger partial charge in [0.1, 0.15) is 0 Å². The fourth-order valence-corrected chi connectivity index (χ4v) is 5.50. The highest BCUT2D eigenvalue weighted by molar-refractivity contribution is 7.89. The van der Waals surface area contributed by atoms with Crippen LogP contribution in [0.25, 0.3) is 10.8 Å². The summed E-state index contributed by atoms with van der Waals surface area (Å²) in [5.74, 6) is -1.24. The monoisotopic (exact) mass is 361 g/mol. The molecule has 0 aromatic heterocycles. The molecule has 0 bridgehead atoms. The number of nitrogens with zero attached hydrogens (tertiary/aromatic N) is 1. The van der Waals surface area contributed by atoms with Crippen LogP contribution in [0.2, 0.25) is 0 Å². The number of carbonyl (C=O) groups is 1. The van der Waals surface area contributed by atoms with E-state index in [9.17, 15) is 18.3 Å². The summed E-state index contributed by atoms with van der Waals surface area (Å²) >= 11 is 0. The lowest BCUT2D eigenvalue weighted by Gasteiger charge is -2.34. The number of carboxylic acids is 1. The minimum absolute atomic E-state index is 0.00548. The van der Waals surface area contributed by atoms with Gasteiger partial charge in [0.05, 0.1) is 16.9 Å². The van der Waals surface area contributed by atoms with Crippen molar-refractivity contribution in [1.82, 2.24) is 4.31 Å². The zero-order valence-electron chi connectivity index (χ0n) is 13.6. The first-order chi connectivity index (χ1) is 11.9. The second-order valence-electron chi connectivity index (χ2n) is 6.79. The van der Waals surface area contributed by atoms with Crippen molar-refractivity contribution >= 4 is 26.8 Å². The lowest BCUT2D eigenvalue weighted by Crippen LogP contribution is -2.45. The molecular weight excluding hydrogens is 342 g/mol. The molecule has 2 fully saturated rings. The minimum Gasteiger partial charge on any atom is -0.481 e. The summed E-state index contributed by atoms with van der Waals surface area (Å²) < 4.78 is 32.9. The van der Waals surface area contributed by atoms with Crippen molar-refractivity contribution in [3.05, 3.63) is 42.5 Å². The van der Waals surface area contributed by atoms with Crippen LogP contribution in [-0.2, 0) is 19.6 Å². The molecule has 0 radical (unpaired) electrons. The Kier molecular flexibility index (Phi) is 3.82. The van der Waals surface area contributed by atoms with Crippen molar-refractivity contribution in [3.63, 3.8) is 0 Å². The Labute approximate surface area is 146 Å². The molecule has 25 heavy (non-hydrogen) atoms. The topological polar surface area (TPSA) is 83.9 Å². The SMILES string of the molecule is O=C(O)[C@]12CCOC[C@H]1CN(S(=O)(=O)c1ccc3ccccc3c1)C2. The first kappa shape index (κ1) is 16.5.